The number of rotatable bonds is 2. The third-order valence-electron chi connectivity index (χ3n) is 2.27. The second-order valence-corrected chi connectivity index (χ2v) is 3.89. The van der Waals surface area contributed by atoms with Crippen molar-refractivity contribution < 1.29 is 4.74 Å². The zero-order chi connectivity index (χ0) is 11.7. The van der Waals surface area contributed by atoms with Gasteiger partial charge in [-0.25, -0.2) is 9.67 Å². The number of ether oxygens (including phenoxy) is 1. The molecule has 0 aliphatic rings. The summed E-state index contributed by atoms with van der Waals surface area (Å²) in [6.07, 6.45) is 0. The van der Waals surface area contributed by atoms with E-state index in [1.54, 1.807) is 17.9 Å². The summed E-state index contributed by atoms with van der Waals surface area (Å²) < 4.78 is 6.99. The zero-order valence-corrected chi connectivity index (χ0v) is 10.1. The molecule has 0 atom stereocenters. The molecule has 2 aromatic rings. The Morgan fingerprint density at radius 2 is 2.12 bits per heavy atom. The number of hydrogen-bond donors (Lipinski definition) is 0. The molecule has 0 saturated carbocycles. The van der Waals surface area contributed by atoms with Crippen molar-refractivity contribution >= 4 is 11.6 Å². The van der Waals surface area contributed by atoms with Crippen molar-refractivity contribution in [3.8, 4) is 17.1 Å². The number of methoxy groups -OCH3 is 1. The molecule has 0 fully saturated rings. The normalized spacial score (nSPS) is 10.5. The molecule has 1 aromatic heterocycles. The van der Waals surface area contributed by atoms with E-state index in [9.17, 15) is 0 Å². The summed E-state index contributed by atoms with van der Waals surface area (Å²) in [7, 11) is 3.46. The Morgan fingerprint density at radius 3 is 2.69 bits per heavy atom. The molecule has 0 aliphatic carbocycles. The van der Waals surface area contributed by atoms with Crippen molar-refractivity contribution in [1.82, 2.24) is 14.8 Å². The second-order valence-electron chi connectivity index (χ2n) is 3.45. The van der Waals surface area contributed by atoms with E-state index in [1.807, 2.05) is 26.1 Å². The van der Waals surface area contributed by atoms with Gasteiger partial charge in [-0.3, -0.25) is 0 Å². The van der Waals surface area contributed by atoms with Crippen LogP contribution >= 0.6 is 11.6 Å². The Hall–Kier alpha value is -1.55. The van der Waals surface area contributed by atoms with Crippen molar-refractivity contribution in [3.05, 3.63) is 29.0 Å². The summed E-state index contributed by atoms with van der Waals surface area (Å²) in [4.78, 5) is 4.34. The van der Waals surface area contributed by atoms with Gasteiger partial charge in [0.25, 0.3) is 0 Å². The van der Waals surface area contributed by atoms with Crippen molar-refractivity contribution in [2.75, 3.05) is 7.11 Å². The third kappa shape index (κ3) is 1.88. The Bertz CT molecular complexity index is 522. The van der Waals surface area contributed by atoms with Crippen molar-refractivity contribution in [3.63, 3.8) is 0 Å². The van der Waals surface area contributed by atoms with Gasteiger partial charge in [0.05, 0.1) is 12.7 Å². The van der Waals surface area contributed by atoms with Gasteiger partial charge in [-0.15, -0.1) is 0 Å². The van der Waals surface area contributed by atoms with E-state index >= 15 is 0 Å². The maximum Gasteiger partial charge on any atom is 0.161 e. The van der Waals surface area contributed by atoms with E-state index in [0.29, 0.717) is 5.02 Å². The topological polar surface area (TPSA) is 39.9 Å². The van der Waals surface area contributed by atoms with Gasteiger partial charge < -0.3 is 4.74 Å². The minimum absolute atomic E-state index is 0.649. The lowest BCUT2D eigenvalue weighted by Crippen LogP contribution is -1.96. The Labute approximate surface area is 98.8 Å². The van der Waals surface area contributed by atoms with Gasteiger partial charge in [-0.2, -0.15) is 5.10 Å². The van der Waals surface area contributed by atoms with Crippen LogP contribution in [0.2, 0.25) is 5.02 Å². The van der Waals surface area contributed by atoms with Crippen LogP contribution in [0.4, 0.5) is 0 Å². The predicted octanol–water partition coefficient (Wildman–Crippen LogP) is 2.45. The summed E-state index contributed by atoms with van der Waals surface area (Å²) in [5.41, 5.74) is 0.845. The highest BCUT2D eigenvalue weighted by Gasteiger charge is 2.12. The maximum atomic E-state index is 5.97. The zero-order valence-electron chi connectivity index (χ0n) is 9.36. The lowest BCUT2D eigenvalue weighted by Gasteiger charge is -2.07. The highest BCUT2D eigenvalue weighted by atomic mass is 35.5. The van der Waals surface area contributed by atoms with Gasteiger partial charge in [0.1, 0.15) is 11.6 Å². The average Bonchev–Trinajstić information content (AvgIpc) is 2.57. The summed E-state index contributed by atoms with van der Waals surface area (Å²) >= 11 is 5.97. The third-order valence-corrected chi connectivity index (χ3v) is 2.51. The van der Waals surface area contributed by atoms with E-state index in [-0.39, 0.29) is 0 Å². The van der Waals surface area contributed by atoms with E-state index in [0.717, 1.165) is 23.0 Å². The molecule has 84 valence electrons. The van der Waals surface area contributed by atoms with Crippen LogP contribution in [0.15, 0.2) is 18.2 Å². The first-order valence-corrected chi connectivity index (χ1v) is 5.21. The number of benzene rings is 1. The van der Waals surface area contributed by atoms with Crippen LogP contribution in [0.25, 0.3) is 11.4 Å². The highest BCUT2D eigenvalue weighted by Crippen LogP contribution is 2.30. The Morgan fingerprint density at radius 1 is 1.38 bits per heavy atom. The number of halogens is 1. The molecule has 0 saturated heterocycles. The molecule has 0 unspecified atom stereocenters. The second kappa shape index (κ2) is 4.14. The van der Waals surface area contributed by atoms with Crippen LogP contribution in [0.5, 0.6) is 5.75 Å². The molecular formula is C11H12ClN3O. The van der Waals surface area contributed by atoms with Crippen molar-refractivity contribution in [1.29, 1.82) is 0 Å². The van der Waals surface area contributed by atoms with E-state index in [2.05, 4.69) is 10.1 Å². The maximum absolute atomic E-state index is 5.97. The van der Waals surface area contributed by atoms with Crippen molar-refractivity contribution in [2.45, 2.75) is 6.92 Å². The van der Waals surface area contributed by atoms with Crippen LogP contribution in [-0.4, -0.2) is 21.9 Å². The SMILES string of the molecule is COc1ccc(Cl)cc1-c1nc(C)nn1C. The Kier molecular flexibility index (Phi) is 2.83. The van der Waals surface area contributed by atoms with Gasteiger partial charge in [0, 0.05) is 12.1 Å². The van der Waals surface area contributed by atoms with Crippen LogP contribution in [0.3, 0.4) is 0 Å². The van der Waals surface area contributed by atoms with Crippen LogP contribution < -0.4 is 4.74 Å². The Balaban J connectivity index is 2.62. The molecule has 16 heavy (non-hydrogen) atoms. The highest BCUT2D eigenvalue weighted by molar-refractivity contribution is 6.30. The number of nitrogens with zero attached hydrogens (tertiary/aromatic N) is 3. The van der Waals surface area contributed by atoms with Gasteiger partial charge in [0.15, 0.2) is 5.82 Å². The minimum atomic E-state index is 0.649. The monoisotopic (exact) mass is 237 g/mol. The summed E-state index contributed by atoms with van der Waals surface area (Å²) in [6, 6.07) is 5.43. The van der Waals surface area contributed by atoms with E-state index in [1.165, 1.54) is 0 Å². The first kappa shape index (κ1) is 11.0. The number of aromatic nitrogens is 3. The fourth-order valence-electron chi connectivity index (χ4n) is 1.60. The predicted molar refractivity (Wildman–Crippen MR) is 62.7 cm³/mol. The molecule has 0 N–H and O–H groups in total. The lowest BCUT2D eigenvalue weighted by atomic mass is 10.2. The molecule has 4 nitrogen and oxygen atoms in total. The summed E-state index contributed by atoms with van der Waals surface area (Å²) in [5.74, 6) is 2.20. The van der Waals surface area contributed by atoms with E-state index in [4.69, 9.17) is 16.3 Å². The molecule has 0 radical (unpaired) electrons. The van der Waals surface area contributed by atoms with Gasteiger partial charge in [-0.05, 0) is 25.1 Å². The van der Waals surface area contributed by atoms with Gasteiger partial charge in [-0.1, -0.05) is 11.6 Å². The molecular weight excluding hydrogens is 226 g/mol. The quantitative estimate of drug-likeness (QED) is 0.806. The first-order chi connectivity index (χ1) is 7.61. The standard InChI is InChI=1S/C11H12ClN3O/c1-7-13-11(15(2)14-7)9-6-8(12)4-5-10(9)16-3/h4-6H,1-3H3. The molecule has 0 spiro atoms. The molecule has 0 bridgehead atoms. The minimum Gasteiger partial charge on any atom is -0.496 e. The van der Waals surface area contributed by atoms with E-state index < -0.39 is 0 Å². The average molecular weight is 238 g/mol. The largest absolute Gasteiger partial charge is 0.496 e. The van der Waals surface area contributed by atoms with Gasteiger partial charge in [0.2, 0.25) is 0 Å². The smallest absolute Gasteiger partial charge is 0.161 e. The first-order valence-electron chi connectivity index (χ1n) is 4.83. The molecule has 0 aliphatic heterocycles. The van der Waals surface area contributed by atoms with Crippen molar-refractivity contribution in [2.24, 2.45) is 7.05 Å². The summed E-state index contributed by atoms with van der Waals surface area (Å²) in [6.45, 7) is 1.85. The van der Waals surface area contributed by atoms with Gasteiger partial charge >= 0.3 is 0 Å². The summed E-state index contributed by atoms with van der Waals surface area (Å²) in [5, 5.41) is 4.85. The number of hydrogen-bond acceptors (Lipinski definition) is 3. The fourth-order valence-corrected chi connectivity index (χ4v) is 1.77. The molecule has 5 heteroatoms. The molecule has 1 heterocycles. The lowest BCUT2D eigenvalue weighted by molar-refractivity contribution is 0.416. The number of aryl methyl sites for hydroxylation is 2. The molecule has 1 aromatic carbocycles. The molecule has 0 amide bonds. The van der Waals surface area contributed by atoms with Crippen LogP contribution in [-0.2, 0) is 7.05 Å². The van der Waals surface area contributed by atoms with Crippen LogP contribution in [0, 0.1) is 6.92 Å². The molecule has 2 rings (SSSR count). The fraction of sp³-hybridized carbons (Fsp3) is 0.273. The van der Waals surface area contributed by atoms with Crippen LogP contribution in [0.1, 0.15) is 5.82 Å².